The number of amides is 1. The van der Waals surface area contributed by atoms with Gasteiger partial charge in [0.1, 0.15) is 11.0 Å². The van der Waals surface area contributed by atoms with E-state index < -0.39 is 0 Å². The van der Waals surface area contributed by atoms with Gasteiger partial charge in [0.2, 0.25) is 0 Å². The molecule has 0 radical (unpaired) electrons. The third-order valence-corrected chi connectivity index (χ3v) is 3.86. The number of hydrogen-bond acceptors (Lipinski definition) is 4. The molecular weight excluding hydrogens is 310 g/mol. The van der Waals surface area contributed by atoms with E-state index in [1.165, 1.54) is 12.3 Å². The van der Waals surface area contributed by atoms with E-state index in [0.717, 1.165) is 18.7 Å². The van der Waals surface area contributed by atoms with Crippen LogP contribution >= 0.6 is 23.8 Å². The summed E-state index contributed by atoms with van der Waals surface area (Å²) in [6, 6.07) is 3.16. The summed E-state index contributed by atoms with van der Waals surface area (Å²) in [5, 5.41) is 10.2. The topological polar surface area (TPSA) is 75.6 Å². The van der Waals surface area contributed by atoms with Gasteiger partial charge in [-0.25, -0.2) is 4.98 Å². The molecule has 110 valence electrons. The zero-order chi connectivity index (χ0) is 14.8. The zero-order valence-corrected chi connectivity index (χ0v) is 12.7. The van der Waals surface area contributed by atoms with Crippen molar-refractivity contribution in [3.05, 3.63) is 39.6 Å². The van der Waals surface area contributed by atoms with Crippen molar-refractivity contribution < 1.29 is 4.79 Å². The van der Waals surface area contributed by atoms with Crippen molar-refractivity contribution in [2.75, 3.05) is 6.54 Å². The Kier molecular flexibility index (Phi) is 4.03. The molecule has 2 aromatic rings. The summed E-state index contributed by atoms with van der Waals surface area (Å²) in [6.45, 7) is 1.08. The molecule has 1 saturated carbocycles. The summed E-state index contributed by atoms with van der Waals surface area (Å²) in [4.78, 5) is 15.8. The maximum absolute atomic E-state index is 12.0. The Bertz CT molecular complexity index is 721. The van der Waals surface area contributed by atoms with Crippen molar-refractivity contribution in [3.63, 3.8) is 0 Å². The summed E-state index contributed by atoms with van der Waals surface area (Å²) in [7, 11) is 0. The van der Waals surface area contributed by atoms with Crippen molar-refractivity contribution in [1.29, 1.82) is 0 Å². The van der Waals surface area contributed by atoms with Crippen molar-refractivity contribution in [1.82, 2.24) is 25.1 Å². The molecule has 1 fully saturated rings. The number of hydrogen-bond donors (Lipinski definition) is 2. The van der Waals surface area contributed by atoms with E-state index in [9.17, 15) is 4.79 Å². The van der Waals surface area contributed by atoms with E-state index in [4.69, 9.17) is 23.8 Å². The normalized spacial score (nSPS) is 14.1. The molecule has 0 unspecified atom stereocenters. The van der Waals surface area contributed by atoms with Crippen molar-refractivity contribution >= 4 is 29.7 Å². The Hall–Kier alpha value is -1.73. The average Bonchev–Trinajstić information content (AvgIpc) is 3.24. The number of pyridine rings is 1. The highest BCUT2D eigenvalue weighted by molar-refractivity contribution is 7.71. The number of aromatic amines is 1. The molecule has 1 amide bonds. The van der Waals surface area contributed by atoms with E-state index in [2.05, 4.69) is 20.5 Å². The highest BCUT2D eigenvalue weighted by Gasteiger charge is 2.28. The number of nitrogens with one attached hydrogen (secondary N) is 2. The van der Waals surface area contributed by atoms with Crippen LogP contribution in [0, 0.1) is 4.77 Å². The molecule has 21 heavy (non-hydrogen) atoms. The van der Waals surface area contributed by atoms with Crippen molar-refractivity contribution in [3.8, 4) is 0 Å². The molecule has 6 nitrogen and oxygen atoms in total. The first-order valence-corrected chi connectivity index (χ1v) is 7.48. The summed E-state index contributed by atoms with van der Waals surface area (Å²) in [5.41, 5.74) is 0.494. The van der Waals surface area contributed by atoms with Crippen LogP contribution in [0.15, 0.2) is 18.3 Å². The molecule has 0 spiro atoms. The van der Waals surface area contributed by atoms with Gasteiger partial charge < -0.3 is 9.88 Å². The highest BCUT2D eigenvalue weighted by atomic mass is 35.5. The zero-order valence-electron chi connectivity index (χ0n) is 11.2. The van der Waals surface area contributed by atoms with Crippen molar-refractivity contribution in [2.45, 2.75) is 25.3 Å². The summed E-state index contributed by atoms with van der Waals surface area (Å²) >= 11 is 11.0. The van der Waals surface area contributed by atoms with E-state index in [1.807, 2.05) is 4.57 Å². The molecular formula is C13H14ClN5OS. The predicted molar refractivity (Wildman–Crippen MR) is 81.0 cm³/mol. The first-order valence-electron chi connectivity index (χ1n) is 6.70. The van der Waals surface area contributed by atoms with Gasteiger partial charge in [0, 0.05) is 30.8 Å². The van der Waals surface area contributed by atoms with E-state index >= 15 is 0 Å². The quantitative estimate of drug-likeness (QED) is 0.654. The molecule has 0 saturated heterocycles. The summed E-state index contributed by atoms with van der Waals surface area (Å²) in [6.07, 6.45) is 3.82. The molecule has 8 heteroatoms. The number of H-pyrrole nitrogens is 1. The average molecular weight is 324 g/mol. The third kappa shape index (κ3) is 3.30. The monoisotopic (exact) mass is 323 g/mol. The number of carbonyl (C=O) groups excluding carboxylic acids is 1. The second-order valence-electron chi connectivity index (χ2n) is 4.94. The molecule has 0 aliphatic heterocycles. The van der Waals surface area contributed by atoms with Gasteiger partial charge in [0.25, 0.3) is 5.91 Å². The SMILES string of the molecule is O=C(NCCn1c(C2CC2)n[nH]c1=S)c1ccnc(Cl)c1. The fourth-order valence-corrected chi connectivity index (χ4v) is 2.53. The molecule has 1 aliphatic rings. The van der Waals surface area contributed by atoms with Crippen LogP contribution in [0.5, 0.6) is 0 Å². The second-order valence-corrected chi connectivity index (χ2v) is 5.71. The Labute approximate surface area is 131 Å². The summed E-state index contributed by atoms with van der Waals surface area (Å²) < 4.78 is 2.55. The van der Waals surface area contributed by atoms with E-state index in [1.54, 1.807) is 6.07 Å². The number of rotatable bonds is 5. The maximum Gasteiger partial charge on any atom is 0.251 e. The van der Waals surface area contributed by atoms with Crippen LogP contribution in [0.1, 0.15) is 34.9 Å². The highest BCUT2D eigenvalue weighted by Crippen LogP contribution is 2.38. The van der Waals surface area contributed by atoms with Gasteiger partial charge >= 0.3 is 0 Å². The molecule has 2 heterocycles. The predicted octanol–water partition coefficient (Wildman–Crippen LogP) is 2.30. The fourth-order valence-electron chi connectivity index (χ4n) is 2.13. The minimum Gasteiger partial charge on any atom is -0.350 e. The number of carbonyl (C=O) groups is 1. The van der Waals surface area contributed by atoms with Gasteiger partial charge in [0.15, 0.2) is 4.77 Å². The second kappa shape index (κ2) is 5.95. The third-order valence-electron chi connectivity index (χ3n) is 3.34. The van der Waals surface area contributed by atoms with Crippen LogP contribution in [0.3, 0.4) is 0 Å². The standard InChI is InChI=1S/C13H14ClN5OS/c14-10-7-9(3-4-15-10)12(20)16-5-6-19-11(8-1-2-8)17-18-13(19)21/h3-4,7-8H,1-2,5-6H2,(H,16,20)(H,18,21). The molecule has 0 aromatic carbocycles. The molecule has 0 bridgehead atoms. The fraction of sp³-hybridized carbons (Fsp3) is 0.385. The molecule has 2 aromatic heterocycles. The van der Waals surface area contributed by atoms with Gasteiger partial charge in [-0.2, -0.15) is 5.10 Å². The Morgan fingerprint density at radius 1 is 1.57 bits per heavy atom. The lowest BCUT2D eigenvalue weighted by Crippen LogP contribution is -2.27. The van der Waals surface area contributed by atoms with Crippen LogP contribution in [0.2, 0.25) is 5.15 Å². The number of nitrogens with zero attached hydrogens (tertiary/aromatic N) is 3. The van der Waals surface area contributed by atoms with E-state index in [0.29, 0.717) is 34.5 Å². The Balaban J connectivity index is 1.60. The first kappa shape index (κ1) is 14.2. The van der Waals surface area contributed by atoms with Gasteiger partial charge in [-0.15, -0.1) is 0 Å². The molecule has 1 aliphatic carbocycles. The van der Waals surface area contributed by atoms with Gasteiger partial charge in [-0.1, -0.05) is 11.6 Å². The smallest absolute Gasteiger partial charge is 0.251 e. The molecule has 0 atom stereocenters. The molecule has 2 N–H and O–H groups in total. The van der Waals surface area contributed by atoms with Crippen LogP contribution in [0.4, 0.5) is 0 Å². The first-order chi connectivity index (χ1) is 10.1. The lowest BCUT2D eigenvalue weighted by atomic mass is 10.2. The lowest BCUT2D eigenvalue weighted by molar-refractivity contribution is 0.0952. The van der Waals surface area contributed by atoms with Crippen LogP contribution < -0.4 is 5.32 Å². The molecule has 3 rings (SSSR count). The van der Waals surface area contributed by atoms with Gasteiger partial charge in [-0.05, 0) is 37.2 Å². The van der Waals surface area contributed by atoms with Gasteiger partial charge in [0.05, 0.1) is 0 Å². The van der Waals surface area contributed by atoms with Crippen LogP contribution in [-0.4, -0.2) is 32.2 Å². The largest absolute Gasteiger partial charge is 0.350 e. The Morgan fingerprint density at radius 2 is 2.38 bits per heavy atom. The van der Waals surface area contributed by atoms with Crippen molar-refractivity contribution in [2.24, 2.45) is 0 Å². The Morgan fingerprint density at radius 3 is 3.10 bits per heavy atom. The minimum atomic E-state index is -0.178. The van der Waals surface area contributed by atoms with E-state index in [-0.39, 0.29) is 5.91 Å². The maximum atomic E-state index is 12.0. The summed E-state index contributed by atoms with van der Waals surface area (Å²) in [5.74, 6) is 1.32. The van der Waals surface area contributed by atoms with Gasteiger partial charge in [-0.3, -0.25) is 9.89 Å². The van der Waals surface area contributed by atoms with Crippen LogP contribution in [0.25, 0.3) is 0 Å². The van der Waals surface area contributed by atoms with Crippen LogP contribution in [-0.2, 0) is 6.54 Å². The lowest BCUT2D eigenvalue weighted by Gasteiger charge is -2.08. The number of aromatic nitrogens is 4. The minimum absolute atomic E-state index is 0.178. The number of halogens is 1.